The maximum Gasteiger partial charge on any atom is 0.145 e. The molecule has 3 rings (SSSR count). The van der Waals surface area contributed by atoms with Crippen molar-refractivity contribution in [3.8, 4) is 5.75 Å². The smallest absolute Gasteiger partial charge is 0.145 e. The monoisotopic (exact) mass is 272 g/mol. The molecule has 20 heavy (non-hydrogen) atoms. The van der Waals surface area contributed by atoms with Gasteiger partial charge in [0, 0.05) is 23.3 Å². The first-order valence-corrected chi connectivity index (χ1v) is 7.02. The number of aryl methyl sites for hydroxylation is 1. The number of pyridine rings is 1. The van der Waals surface area contributed by atoms with E-state index in [-0.39, 0.29) is 0 Å². The molecule has 0 bridgehead atoms. The van der Waals surface area contributed by atoms with E-state index < -0.39 is 5.60 Å². The maximum atomic E-state index is 10.2. The van der Waals surface area contributed by atoms with Crippen molar-refractivity contribution in [2.45, 2.75) is 31.8 Å². The molecular formula is C16H20N2O2. The average molecular weight is 272 g/mol. The van der Waals surface area contributed by atoms with Gasteiger partial charge in [-0.15, -0.1) is 0 Å². The molecule has 1 fully saturated rings. The lowest BCUT2D eigenvalue weighted by molar-refractivity contribution is -0.0201. The summed E-state index contributed by atoms with van der Waals surface area (Å²) >= 11 is 0. The van der Waals surface area contributed by atoms with Crippen LogP contribution >= 0.6 is 0 Å². The second kappa shape index (κ2) is 4.94. The number of aliphatic hydroxyl groups is 1. The minimum atomic E-state index is -0.539. The van der Waals surface area contributed by atoms with Crippen molar-refractivity contribution in [3.63, 3.8) is 0 Å². The highest BCUT2D eigenvalue weighted by atomic mass is 16.5. The number of aromatic nitrogens is 1. The maximum absolute atomic E-state index is 10.2. The number of hydrogen-bond acceptors (Lipinski definition) is 4. The fourth-order valence-electron chi connectivity index (χ4n) is 2.68. The molecule has 2 N–H and O–H groups in total. The molecule has 1 saturated carbocycles. The molecule has 1 heterocycles. The Balaban J connectivity index is 1.97. The molecule has 106 valence electrons. The molecule has 4 nitrogen and oxygen atoms in total. The lowest BCUT2D eigenvalue weighted by Crippen LogP contribution is -2.43. The first-order valence-electron chi connectivity index (χ1n) is 7.02. The number of methoxy groups -OCH3 is 1. The molecule has 4 heteroatoms. The first-order chi connectivity index (χ1) is 9.61. The van der Waals surface area contributed by atoms with Crippen molar-refractivity contribution in [2.24, 2.45) is 0 Å². The van der Waals surface area contributed by atoms with Crippen LogP contribution in [0.15, 0.2) is 24.3 Å². The van der Waals surface area contributed by atoms with Gasteiger partial charge in [0.2, 0.25) is 0 Å². The summed E-state index contributed by atoms with van der Waals surface area (Å²) in [6, 6.07) is 7.92. The quantitative estimate of drug-likeness (QED) is 0.898. The first kappa shape index (κ1) is 13.2. The molecule has 0 aliphatic heterocycles. The van der Waals surface area contributed by atoms with Gasteiger partial charge in [-0.25, -0.2) is 4.98 Å². The van der Waals surface area contributed by atoms with E-state index in [1.165, 1.54) is 0 Å². The molecule has 0 spiro atoms. The standard InChI is InChI=1S/C16H20N2O2/c1-11-9-13(17-10-16(19)7-4-8-16)12-5-3-6-14(20-2)15(12)18-11/h3,5-6,9,19H,4,7-8,10H2,1-2H3,(H,17,18). The van der Waals surface area contributed by atoms with E-state index in [2.05, 4.69) is 10.3 Å². The number of nitrogens with zero attached hydrogens (tertiary/aromatic N) is 1. The van der Waals surface area contributed by atoms with Crippen molar-refractivity contribution in [1.29, 1.82) is 0 Å². The van der Waals surface area contributed by atoms with Crippen LogP contribution in [0.1, 0.15) is 25.0 Å². The van der Waals surface area contributed by atoms with Crippen LogP contribution in [0.2, 0.25) is 0 Å². The zero-order valence-corrected chi connectivity index (χ0v) is 11.9. The highest BCUT2D eigenvalue weighted by Crippen LogP contribution is 2.34. The van der Waals surface area contributed by atoms with Gasteiger partial charge < -0.3 is 15.2 Å². The van der Waals surface area contributed by atoms with Gasteiger partial charge >= 0.3 is 0 Å². The SMILES string of the molecule is COc1cccc2c(NCC3(O)CCC3)cc(C)nc12. The second-order valence-electron chi connectivity index (χ2n) is 5.60. The predicted molar refractivity (Wildman–Crippen MR) is 80.3 cm³/mol. The molecule has 1 aromatic heterocycles. The van der Waals surface area contributed by atoms with Gasteiger partial charge in [-0.1, -0.05) is 12.1 Å². The molecule has 0 amide bonds. The van der Waals surface area contributed by atoms with Crippen molar-refractivity contribution in [3.05, 3.63) is 30.0 Å². The Morgan fingerprint density at radius 1 is 1.40 bits per heavy atom. The van der Waals surface area contributed by atoms with Gasteiger partial charge in [-0.3, -0.25) is 0 Å². The van der Waals surface area contributed by atoms with Crippen LogP contribution in [0.4, 0.5) is 5.69 Å². The van der Waals surface area contributed by atoms with E-state index in [1.807, 2.05) is 31.2 Å². The molecule has 0 atom stereocenters. The van der Waals surface area contributed by atoms with Gasteiger partial charge in [0.05, 0.1) is 12.7 Å². The minimum absolute atomic E-state index is 0.539. The third kappa shape index (κ3) is 2.31. The van der Waals surface area contributed by atoms with Crippen LogP contribution in [-0.2, 0) is 0 Å². The van der Waals surface area contributed by atoms with E-state index in [0.29, 0.717) is 6.54 Å². The molecule has 1 aliphatic carbocycles. The number of rotatable bonds is 4. The summed E-state index contributed by atoms with van der Waals surface area (Å²) in [5, 5.41) is 14.6. The van der Waals surface area contributed by atoms with Gasteiger partial charge in [-0.05, 0) is 38.3 Å². The minimum Gasteiger partial charge on any atom is -0.494 e. The van der Waals surface area contributed by atoms with E-state index in [1.54, 1.807) is 7.11 Å². The van der Waals surface area contributed by atoms with E-state index in [0.717, 1.165) is 47.3 Å². The number of benzene rings is 1. The highest BCUT2D eigenvalue weighted by Gasteiger charge is 2.34. The van der Waals surface area contributed by atoms with E-state index in [4.69, 9.17) is 4.74 Å². The summed E-state index contributed by atoms with van der Waals surface area (Å²) in [5.41, 5.74) is 2.26. The fraction of sp³-hybridized carbons (Fsp3) is 0.438. The summed E-state index contributed by atoms with van der Waals surface area (Å²) < 4.78 is 5.38. The third-order valence-electron chi connectivity index (χ3n) is 4.04. The van der Waals surface area contributed by atoms with Gasteiger partial charge in [0.15, 0.2) is 0 Å². The topological polar surface area (TPSA) is 54.4 Å². The Labute approximate surface area is 118 Å². The number of anilines is 1. The Bertz CT molecular complexity index is 636. The molecule has 1 aliphatic rings. The zero-order chi connectivity index (χ0) is 14.2. The largest absolute Gasteiger partial charge is 0.494 e. The summed E-state index contributed by atoms with van der Waals surface area (Å²) in [4.78, 5) is 4.56. The van der Waals surface area contributed by atoms with E-state index in [9.17, 15) is 5.11 Å². The zero-order valence-electron chi connectivity index (χ0n) is 11.9. The highest BCUT2D eigenvalue weighted by molar-refractivity contribution is 5.95. The summed E-state index contributed by atoms with van der Waals surface area (Å²) in [6.45, 7) is 2.55. The normalized spacial score (nSPS) is 16.8. The average Bonchev–Trinajstić information content (AvgIpc) is 2.42. The number of ether oxygens (including phenoxy) is 1. The van der Waals surface area contributed by atoms with Crippen LogP contribution in [0.5, 0.6) is 5.75 Å². The van der Waals surface area contributed by atoms with Crippen LogP contribution in [0, 0.1) is 6.92 Å². The summed E-state index contributed by atoms with van der Waals surface area (Å²) in [5.74, 6) is 0.775. The summed E-state index contributed by atoms with van der Waals surface area (Å²) in [6.07, 6.45) is 2.87. The van der Waals surface area contributed by atoms with Crippen molar-refractivity contribution in [1.82, 2.24) is 4.98 Å². The van der Waals surface area contributed by atoms with Gasteiger partial charge in [0.25, 0.3) is 0 Å². The summed E-state index contributed by atoms with van der Waals surface area (Å²) in [7, 11) is 1.66. The van der Waals surface area contributed by atoms with Crippen LogP contribution in [0.25, 0.3) is 10.9 Å². The Morgan fingerprint density at radius 2 is 2.20 bits per heavy atom. The molecular weight excluding hydrogens is 252 g/mol. The van der Waals surface area contributed by atoms with E-state index >= 15 is 0 Å². The molecule has 0 unspecified atom stereocenters. The lowest BCUT2D eigenvalue weighted by atomic mass is 9.80. The Morgan fingerprint density at radius 3 is 2.85 bits per heavy atom. The van der Waals surface area contributed by atoms with Gasteiger partial charge in [0.1, 0.15) is 11.3 Å². The number of fused-ring (bicyclic) bond motifs is 1. The Hall–Kier alpha value is -1.81. The number of para-hydroxylation sites is 1. The molecule has 1 aromatic carbocycles. The molecule has 0 saturated heterocycles. The van der Waals surface area contributed by atoms with Crippen molar-refractivity contribution >= 4 is 16.6 Å². The third-order valence-corrected chi connectivity index (χ3v) is 4.04. The van der Waals surface area contributed by atoms with Gasteiger partial charge in [-0.2, -0.15) is 0 Å². The van der Waals surface area contributed by atoms with Crippen molar-refractivity contribution in [2.75, 3.05) is 19.0 Å². The predicted octanol–water partition coefficient (Wildman–Crippen LogP) is 2.88. The number of nitrogens with one attached hydrogen (secondary N) is 1. The van der Waals surface area contributed by atoms with Crippen molar-refractivity contribution < 1.29 is 9.84 Å². The fourth-order valence-corrected chi connectivity index (χ4v) is 2.68. The Kier molecular flexibility index (Phi) is 3.26. The second-order valence-corrected chi connectivity index (χ2v) is 5.60. The van der Waals surface area contributed by atoms with Crippen LogP contribution in [0.3, 0.4) is 0 Å². The van der Waals surface area contributed by atoms with Crippen LogP contribution < -0.4 is 10.1 Å². The number of hydrogen-bond donors (Lipinski definition) is 2. The van der Waals surface area contributed by atoms with Crippen LogP contribution in [-0.4, -0.2) is 29.3 Å². The lowest BCUT2D eigenvalue weighted by Gasteiger charge is -2.37. The molecule has 2 aromatic rings. The molecule has 0 radical (unpaired) electrons.